The van der Waals surface area contributed by atoms with Crippen LogP contribution in [0.4, 0.5) is 0 Å². The fourth-order valence-electron chi connectivity index (χ4n) is 0.683. The monoisotopic (exact) mass is 172 g/mol. The van der Waals surface area contributed by atoms with Crippen LogP contribution in [-0.2, 0) is 17.5 Å². The van der Waals surface area contributed by atoms with Gasteiger partial charge in [-0.3, -0.25) is 0 Å². The van der Waals surface area contributed by atoms with Gasteiger partial charge >= 0.3 is 62.6 Å². The van der Waals surface area contributed by atoms with Gasteiger partial charge in [0.1, 0.15) is 0 Å². The second-order valence-corrected chi connectivity index (χ2v) is 3.56. The maximum atomic E-state index is 5.39. The van der Waals surface area contributed by atoms with Crippen molar-refractivity contribution < 1.29 is 21.1 Å². The minimum absolute atomic E-state index is 0.643. The summed E-state index contributed by atoms with van der Waals surface area (Å²) in [6.45, 7) is 0. The van der Waals surface area contributed by atoms with Gasteiger partial charge in [-0.15, -0.1) is 0 Å². The average molecular weight is 174 g/mol. The second kappa shape index (κ2) is 3.63. The molecule has 0 unspecified atom stereocenters. The number of hydrogen-bond acceptors (Lipinski definition) is 1. The Morgan fingerprint density at radius 2 is 1.89 bits per heavy atom. The van der Waals surface area contributed by atoms with Crippen molar-refractivity contribution in [3.63, 3.8) is 0 Å². The van der Waals surface area contributed by atoms with Gasteiger partial charge in [0.2, 0.25) is 0 Å². The molecule has 2 heteroatoms. The molecule has 9 heavy (non-hydrogen) atoms. The van der Waals surface area contributed by atoms with E-state index in [1.54, 1.807) is 0 Å². The van der Waals surface area contributed by atoms with Crippen molar-refractivity contribution in [2.45, 2.75) is 5.52 Å². The third-order valence-corrected chi connectivity index (χ3v) is 2.36. The Morgan fingerprint density at radius 1 is 1.22 bits per heavy atom. The summed E-state index contributed by atoms with van der Waals surface area (Å²) in [6, 6.07) is 9.97. The molecule has 0 atom stereocenters. The van der Waals surface area contributed by atoms with Gasteiger partial charge in [0.05, 0.1) is 0 Å². The summed E-state index contributed by atoms with van der Waals surface area (Å²) in [7, 11) is 0. The summed E-state index contributed by atoms with van der Waals surface area (Å²) in [5, 5.41) is 0. The molecule has 0 aromatic heterocycles. The van der Waals surface area contributed by atoms with Crippen LogP contribution in [0.25, 0.3) is 0 Å². The molecule has 0 saturated carbocycles. The molecular formula is C7H8OZn. The van der Waals surface area contributed by atoms with E-state index in [9.17, 15) is 0 Å². The summed E-state index contributed by atoms with van der Waals surface area (Å²) >= 11 is -0.643. The van der Waals surface area contributed by atoms with Crippen LogP contribution in [0.1, 0.15) is 0 Å². The molecule has 0 aliphatic carbocycles. The molecule has 1 aromatic rings. The molecule has 1 nitrogen and oxygen atoms in total. The van der Waals surface area contributed by atoms with E-state index in [2.05, 4.69) is 5.52 Å². The molecule has 0 heterocycles. The first kappa shape index (κ1) is 6.76. The zero-order valence-corrected chi connectivity index (χ0v) is 8.47. The maximum absolute atomic E-state index is 5.39. The summed E-state index contributed by atoms with van der Waals surface area (Å²) in [4.78, 5) is 0. The Labute approximate surface area is 63.0 Å². The van der Waals surface area contributed by atoms with E-state index in [0.717, 1.165) is 5.75 Å². The summed E-state index contributed by atoms with van der Waals surface area (Å²) in [5.74, 6) is 1.03. The van der Waals surface area contributed by atoms with Gasteiger partial charge in [0.15, 0.2) is 0 Å². The Hall–Kier alpha value is -0.357. The molecule has 0 aliphatic heterocycles. The Kier molecular flexibility index (Phi) is 2.72. The van der Waals surface area contributed by atoms with Crippen molar-refractivity contribution in [1.82, 2.24) is 0 Å². The van der Waals surface area contributed by atoms with Crippen LogP contribution in [0.5, 0.6) is 5.75 Å². The van der Waals surface area contributed by atoms with Gasteiger partial charge < -0.3 is 0 Å². The van der Waals surface area contributed by atoms with Crippen molar-refractivity contribution in [3.8, 4) is 5.75 Å². The minimum atomic E-state index is -0.643. The molecule has 0 aliphatic rings. The van der Waals surface area contributed by atoms with E-state index in [0.29, 0.717) is 0 Å². The summed E-state index contributed by atoms with van der Waals surface area (Å²) in [5.41, 5.74) is 2.17. The van der Waals surface area contributed by atoms with Crippen LogP contribution >= 0.6 is 0 Å². The third kappa shape index (κ3) is 2.15. The predicted octanol–water partition coefficient (Wildman–Crippen LogP) is 2.11. The fourth-order valence-corrected chi connectivity index (χ4v) is 1.79. The normalized spacial score (nSPS) is 8.11. The molecule has 0 bridgehead atoms. The predicted molar refractivity (Wildman–Crippen MR) is 32.9 cm³/mol. The standard InChI is InChI=1S/C6H6O.CH3.Zn/c7-6-4-2-1-3-5-6;;/h1-5,7H;1H3;/q;;+1/p-1. The van der Waals surface area contributed by atoms with Crippen molar-refractivity contribution in [2.75, 3.05) is 0 Å². The SMILES string of the molecule is [CH3][Zn][O]c1ccccc1. The third-order valence-electron chi connectivity index (χ3n) is 1.05. The van der Waals surface area contributed by atoms with E-state index < -0.39 is 17.5 Å². The van der Waals surface area contributed by atoms with Gasteiger partial charge in [-0.25, -0.2) is 0 Å². The van der Waals surface area contributed by atoms with Crippen molar-refractivity contribution >= 4 is 0 Å². The van der Waals surface area contributed by atoms with Crippen LogP contribution in [0.2, 0.25) is 5.52 Å². The van der Waals surface area contributed by atoms with E-state index >= 15 is 0 Å². The molecule has 1 aromatic carbocycles. The van der Waals surface area contributed by atoms with Crippen LogP contribution < -0.4 is 3.56 Å². The summed E-state index contributed by atoms with van der Waals surface area (Å²) < 4.78 is 5.39. The van der Waals surface area contributed by atoms with Gasteiger partial charge in [0.25, 0.3) is 0 Å². The van der Waals surface area contributed by atoms with Gasteiger partial charge in [0, 0.05) is 0 Å². The van der Waals surface area contributed by atoms with E-state index in [1.165, 1.54) is 0 Å². The molecule has 0 fully saturated rings. The molecule has 0 N–H and O–H groups in total. The quantitative estimate of drug-likeness (QED) is 0.623. The van der Waals surface area contributed by atoms with Crippen molar-refractivity contribution in [2.24, 2.45) is 0 Å². The van der Waals surface area contributed by atoms with Crippen LogP contribution in [-0.4, -0.2) is 0 Å². The number of benzene rings is 1. The van der Waals surface area contributed by atoms with E-state index in [-0.39, 0.29) is 0 Å². The molecule has 44 valence electrons. The molecule has 0 saturated heterocycles. The zero-order chi connectivity index (χ0) is 6.53. The second-order valence-electron chi connectivity index (χ2n) is 1.75. The molecule has 0 spiro atoms. The number of para-hydroxylation sites is 1. The zero-order valence-electron chi connectivity index (χ0n) is 5.50. The Morgan fingerprint density at radius 3 is 2.44 bits per heavy atom. The first-order valence-electron chi connectivity index (χ1n) is 3.11. The Bertz CT molecular complexity index is 162. The number of rotatable bonds is 2. The Balaban J connectivity index is 2.61. The molecule has 0 radical (unpaired) electrons. The van der Waals surface area contributed by atoms with Crippen LogP contribution in [0.3, 0.4) is 0 Å². The summed E-state index contributed by atoms with van der Waals surface area (Å²) in [6.07, 6.45) is 0. The van der Waals surface area contributed by atoms with Crippen molar-refractivity contribution in [1.29, 1.82) is 0 Å². The van der Waals surface area contributed by atoms with Crippen molar-refractivity contribution in [3.05, 3.63) is 30.3 Å². The molecule has 1 rings (SSSR count). The first-order chi connectivity index (χ1) is 4.43. The molecule has 0 amide bonds. The first-order valence-corrected chi connectivity index (χ1v) is 7.29. The van der Waals surface area contributed by atoms with Crippen LogP contribution in [0.15, 0.2) is 30.3 Å². The number of hydrogen-bond donors (Lipinski definition) is 0. The van der Waals surface area contributed by atoms with Gasteiger partial charge in [-0.1, -0.05) is 0 Å². The fraction of sp³-hybridized carbons (Fsp3) is 0.143. The van der Waals surface area contributed by atoms with Crippen LogP contribution in [0, 0.1) is 0 Å². The average Bonchev–Trinajstić information content (AvgIpc) is 1.91. The van der Waals surface area contributed by atoms with Gasteiger partial charge in [-0.05, 0) is 0 Å². The topological polar surface area (TPSA) is 9.23 Å². The van der Waals surface area contributed by atoms with Gasteiger partial charge in [-0.2, -0.15) is 0 Å². The molecular weight excluding hydrogens is 165 g/mol. The van der Waals surface area contributed by atoms with E-state index in [1.807, 2.05) is 30.3 Å². The van der Waals surface area contributed by atoms with E-state index in [4.69, 9.17) is 3.56 Å².